The molecule has 1 aliphatic heterocycles. The summed E-state index contributed by atoms with van der Waals surface area (Å²) >= 11 is 6.16. The molecule has 1 atom stereocenters. The second-order valence-electron chi connectivity index (χ2n) is 7.59. The maximum Gasteiger partial charge on any atom is 0.307 e. The van der Waals surface area contributed by atoms with E-state index in [1.54, 1.807) is 0 Å². The number of carboxylic acids is 1. The lowest BCUT2D eigenvalue weighted by atomic mass is 10.1. The number of anilines is 1. The average Bonchev–Trinajstić information content (AvgIpc) is 2.78. The van der Waals surface area contributed by atoms with Crippen molar-refractivity contribution in [3.05, 3.63) is 82.1 Å². The zero-order valence-corrected chi connectivity index (χ0v) is 18.6. The fraction of sp³-hybridized carbons (Fsp3) is 0.167. The molecule has 35 heavy (non-hydrogen) atoms. The summed E-state index contributed by atoms with van der Waals surface area (Å²) in [6, 6.07) is 9.06. The van der Waals surface area contributed by atoms with E-state index in [1.807, 2.05) is 0 Å². The fourth-order valence-electron chi connectivity index (χ4n) is 3.36. The van der Waals surface area contributed by atoms with Crippen LogP contribution in [0.15, 0.2) is 48.5 Å². The number of hydrogen-bond acceptors (Lipinski definition) is 5. The SMILES string of the molecule is O=C(O)Cc1cc(F)cc(NC(=O)c2cc(Cl)c(OC[C@@H]3COc4cc(F)ccc4O3)cc2F)c1. The summed E-state index contributed by atoms with van der Waals surface area (Å²) in [5.74, 6) is -3.74. The molecule has 4 rings (SSSR count). The number of carbonyl (C=O) groups excluding carboxylic acids is 1. The smallest absolute Gasteiger partial charge is 0.307 e. The molecule has 182 valence electrons. The van der Waals surface area contributed by atoms with Crippen molar-refractivity contribution >= 4 is 29.2 Å². The zero-order valence-electron chi connectivity index (χ0n) is 17.8. The summed E-state index contributed by atoms with van der Waals surface area (Å²) in [5.41, 5.74) is -0.354. The lowest BCUT2D eigenvalue weighted by Crippen LogP contribution is -2.34. The Bertz CT molecular complexity index is 1300. The summed E-state index contributed by atoms with van der Waals surface area (Å²) in [6.07, 6.45) is -1.03. The molecular weight excluding hydrogens is 491 g/mol. The van der Waals surface area contributed by atoms with Crippen LogP contribution in [0.3, 0.4) is 0 Å². The van der Waals surface area contributed by atoms with E-state index in [2.05, 4.69) is 5.32 Å². The van der Waals surface area contributed by atoms with Crippen LogP contribution in [0.5, 0.6) is 17.2 Å². The van der Waals surface area contributed by atoms with Gasteiger partial charge in [0, 0.05) is 17.8 Å². The van der Waals surface area contributed by atoms with Gasteiger partial charge >= 0.3 is 5.97 Å². The van der Waals surface area contributed by atoms with Crippen LogP contribution in [-0.2, 0) is 11.2 Å². The Morgan fingerprint density at radius 3 is 2.63 bits per heavy atom. The van der Waals surface area contributed by atoms with Gasteiger partial charge in [-0.2, -0.15) is 0 Å². The van der Waals surface area contributed by atoms with Gasteiger partial charge in [0.1, 0.15) is 36.4 Å². The van der Waals surface area contributed by atoms with Crippen LogP contribution in [0.1, 0.15) is 15.9 Å². The van der Waals surface area contributed by atoms with Gasteiger partial charge in [-0.25, -0.2) is 13.2 Å². The number of halogens is 4. The van der Waals surface area contributed by atoms with Crippen molar-refractivity contribution in [1.82, 2.24) is 0 Å². The standard InChI is InChI=1S/C24H17ClF3NO6/c25-18-8-17(24(32)29-15-4-12(5-23(30)31)3-14(27)6-15)19(28)9-21(18)33-10-16-11-34-22-7-13(26)1-2-20(22)35-16/h1-4,6-9,16H,5,10-11H2,(H,29,32)(H,30,31)/t16-/m1/s1. The van der Waals surface area contributed by atoms with Crippen LogP contribution in [0, 0.1) is 17.5 Å². The maximum absolute atomic E-state index is 14.7. The number of aliphatic carboxylic acids is 1. The second-order valence-corrected chi connectivity index (χ2v) is 8.00. The maximum atomic E-state index is 14.7. The number of nitrogens with one attached hydrogen (secondary N) is 1. The van der Waals surface area contributed by atoms with Gasteiger partial charge in [-0.05, 0) is 42.0 Å². The molecule has 1 aliphatic rings. The Morgan fingerprint density at radius 1 is 1.06 bits per heavy atom. The molecule has 0 unspecified atom stereocenters. The lowest BCUT2D eigenvalue weighted by Gasteiger charge is -2.26. The summed E-state index contributed by atoms with van der Waals surface area (Å²) in [7, 11) is 0. The topological polar surface area (TPSA) is 94.1 Å². The van der Waals surface area contributed by atoms with Gasteiger partial charge < -0.3 is 24.6 Å². The Morgan fingerprint density at radius 2 is 1.86 bits per heavy atom. The van der Waals surface area contributed by atoms with Gasteiger partial charge in [-0.1, -0.05) is 11.6 Å². The number of amides is 1. The first kappa shape index (κ1) is 24.2. The Hall–Kier alpha value is -3.92. The largest absolute Gasteiger partial charge is 0.488 e. The normalized spacial score (nSPS) is 14.3. The number of benzene rings is 3. The van der Waals surface area contributed by atoms with Crippen molar-refractivity contribution in [3.63, 3.8) is 0 Å². The van der Waals surface area contributed by atoms with Crippen molar-refractivity contribution in [2.75, 3.05) is 18.5 Å². The first-order valence-corrected chi connectivity index (χ1v) is 10.6. The molecule has 0 fully saturated rings. The van der Waals surface area contributed by atoms with Crippen LogP contribution in [0.25, 0.3) is 0 Å². The van der Waals surface area contributed by atoms with Gasteiger partial charge in [0.15, 0.2) is 17.6 Å². The minimum absolute atomic E-state index is 0.0447. The number of carbonyl (C=O) groups is 2. The van der Waals surface area contributed by atoms with Crippen molar-refractivity contribution in [3.8, 4) is 17.2 Å². The lowest BCUT2D eigenvalue weighted by molar-refractivity contribution is -0.136. The summed E-state index contributed by atoms with van der Waals surface area (Å²) in [6.45, 7) is -0.00822. The van der Waals surface area contributed by atoms with E-state index in [-0.39, 0.29) is 41.0 Å². The van der Waals surface area contributed by atoms with Crippen molar-refractivity contribution in [1.29, 1.82) is 0 Å². The summed E-state index contributed by atoms with van der Waals surface area (Å²) in [4.78, 5) is 23.4. The van der Waals surface area contributed by atoms with Crippen LogP contribution < -0.4 is 19.5 Å². The monoisotopic (exact) mass is 507 g/mol. The highest BCUT2D eigenvalue weighted by atomic mass is 35.5. The molecule has 11 heteroatoms. The number of rotatable bonds is 7. The van der Waals surface area contributed by atoms with E-state index in [4.69, 9.17) is 30.9 Å². The van der Waals surface area contributed by atoms with E-state index in [0.717, 1.165) is 24.3 Å². The third kappa shape index (κ3) is 5.96. The van der Waals surface area contributed by atoms with Gasteiger partial charge in [0.2, 0.25) is 0 Å². The predicted octanol–water partition coefficient (Wildman–Crippen LogP) is 4.86. The van der Waals surface area contributed by atoms with Crippen LogP contribution in [0.2, 0.25) is 5.02 Å². The van der Waals surface area contributed by atoms with E-state index in [9.17, 15) is 22.8 Å². The minimum atomic E-state index is -1.18. The third-order valence-corrected chi connectivity index (χ3v) is 5.18. The molecule has 0 spiro atoms. The van der Waals surface area contributed by atoms with Gasteiger partial charge in [0.25, 0.3) is 5.91 Å². The molecule has 1 heterocycles. The van der Waals surface area contributed by atoms with Crippen molar-refractivity contribution in [2.24, 2.45) is 0 Å². The molecule has 3 aromatic carbocycles. The number of ether oxygens (including phenoxy) is 3. The van der Waals surface area contributed by atoms with E-state index < -0.39 is 47.4 Å². The van der Waals surface area contributed by atoms with E-state index in [1.165, 1.54) is 24.3 Å². The van der Waals surface area contributed by atoms with Crippen LogP contribution >= 0.6 is 11.6 Å². The number of carboxylic acid groups (broad SMARTS) is 1. The predicted molar refractivity (Wildman–Crippen MR) is 119 cm³/mol. The summed E-state index contributed by atoms with van der Waals surface area (Å²) in [5, 5.41) is 11.1. The van der Waals surface area contributed by atoms with Crippen LogP contribution in [-0.4, -0.2) is 36.3 Å². The zero-order chi connectivity index (χ0) is 25.1. The minimum Gasteiger partial charge on any atom is -0.488 e. The molecular formula is C24H17ClF3NO6. The number of fused-ring (bicyclic) bond motifs is 1. The molecule has 1 amide bonds. The molecule has 0 saturated heterocycles. The molecule has 0 aromatic heterocycles. The highest BCUT2D eigenvalue weighted by Gasteiger charge is 2.23. The molecule has 0 bridgehead atoms. The van der Waals surface area contributed by atoms with E-state index >= 15 is 0 Å². The Kier molecular flexibility index (Phi) is 7.02. The van der Waals surface area contributed by atoms with Gasteiger partial charge in [-0.3, -0.25) is 9.59 Å². The van der Waals surface area contributed by atoms with E-state index in [0.29, 0.717) is 5.75 Å². The highest BCUT2D eigenvalue weighted by molar-refractivity contribution is 6.32. The molecule has 7 nitrogen and oxygen atoms in total. The number of hydrogen-bond donors (Lipinski definition) is 2. The second kappa shape index (κ2) is 10.1. The van der Waals surface area contributed by atoms with Crippen molar-refractivity contribution in [2.45, 2.75) is 12.5 Å². The van der Waals surface area contributed by atoms with Gasteiger partial charge in [0.05, 0.1) is 17.0 Å². The van der Waals surface area contributed by atoms with Gasteiger partial charge in [-0.15, -0.1) is 0 Å². The fourth-order valence-corrected chi connectivity index (χ4v) is 3.58. The first-order valence-electron chi connectivity index (χ1n) is 10.2. The van der Waals surface area contributed by atoms with Crippen molar-refractivity contribution < 1.29 is 42.1 Å². The Labute approximate surface area is 202 Å². The molecule has 2 N–H and O–H groups in total. The molecule has 0 radical (unpaired) electrons. The molecule has 3 aromatic rings. The quantitative estimate of drug-likeness (QED) is 0.474. The molecule has 0 saturated carbocycles. The Balaban J connectivity index is 1.42. The first-order chi connectivity index (χ1) is 16.7. The molecule has 0 aliphatic carbocycles. The summed E-state index contributed by atoms with van der Waals surface area (Å²) < 4.78 is 58.3. The van der Waals surface area contributed by atoms with Crippen LogP contribution in [0.4, 0.5) is 18.9 Å². The third-order valence-electron chi connectivity index (χ3n) is 4.89. The average molecular weight is 508 g/mol. The highest BCUT2D eigenvalue weighted by Crippen LogP contribution is 2.33.